The molecule has 2 aliphatic rings. The molecule has 0 aliphatic carbocycles. The summed E-state index contributed by atoms with van der Waals surface area (Å²) in [6.45, 7) is 3.59. The van der Waals surface area contributed by atoms with Crippen molar-refractivity contribution in [2.24, 2.45) is 0 Å². The highest BCUT2D eigenvalue weighted by molar-refractivity contribution is 5.80. The largest absolute Gasteiger partial charge is 0.394 e. The minimum absolute atomic E-state index is 0.203. The molecule has 2 heterocycles. The number of amides is 2. The minimum atomic E-state index is -1.86. The molecular weight excluding hydrogens is 953 g/mol. The Hall–Kier alpha value is -1.58. The third-order valence-electron chi connectivity index (χ3n) is 15.2. The Bertz CT molecular complexity index is 1350. The Morgan fingerprint density at radius 1 is 0.500 bits per heavy atom. The van der Waals surface area contributed by atoms with E-state index in [1.54, 1.807) is 0 Å². The second-order valence-electron chi connectivity index (χ2n) is 21.8. The fourth-order valence-electron chi connectivity index (χ4n) is 10.3. The summed E-state index contributed by atoms with van der Waals surface area (Å²) in [6.07, 6.45) is 21.6. The van der Waals surface area contributed by atoms with Gasteiger partial charge in [0.2, 0.25) is 11.8 Å². The second-order valence-corrected chi connectivity index (χ2v) is 21.8. The van der Waals surface area contributed by atoms with Gasteiger partial charge < -0.3 is 75.5 Å². The maximum Gasteiger partial charge on any atom is 0.249 e. The predicted octanol–water partition coefficient (Wildman–Crippen LogP) is 7.03. The molecule has 0 spiro atoms. The summed E-state index contributed by atoms with van der Waals surface area (Å²) in [5.41, 5.74) is 0. The molecule has 0 aromatic carbocycles. The van der Waals surface area contributed by atoms with Crippen LogP contribution in [0.1, 0.15) is 245 Å². The summed E-state index contributed by atoms with van der Waals surface area (Å²) in [4.78, 5) is 25.4. The van der Waals surface area contributed by atoms with Crippen LogP contribution in [-0.4, -0.2) is 163 Å². The molecule has 0 aromatic rings. The second kappa shape index (κ2) is 43.3. The number of nitrogens with one attached hydrogen (secondary N) is 2. The number of unbranched alkanes of at least 4 members (excludes halogenated alkanes) is 31. The van der Waals surface area contributed by atoms with Gasteiger partial charge in [-0.3, -0.25) is 9.59 Å². The number of rotatable bonds is 47. The molecule has 11 N–H and O–H groups in total. The van der Waals surface area contributed by atoms with Crippen LogP contribution in [-0.2, 0) is 28.5 Å². The third-order valence-corrected chi connectivity index (χ3v) is 15.2. The zero-order valence-corrected chi connectivity index (χ0v) is 46.4. The Morgan fingerprint density at radius 3 is 1.30 bits per heavy atom. The number of hydrogen-bond acceptors (Lipinski definition) is 15. The lowest BCUT2D eigenvalue weighted by Gasteiger charge is -2.47. The fourth-order valence-corrected chi connectivity index (χ4v) is 10.3. The number of carbonyl (C=O) groups is 2. The highest BCUT2D eigenvalue weighted by atomic mass is 16.7. The number of aliphatic hydroxyl groups is 9. The maximum absolute atomic E-state index is 13.4. The van der Waals surface area contributed by atoms with Crippen molar-refractivity contribution in [1.82, 2.24) is 10.6 Å². The lowest BCUT2D eigenvalue weighted by atomic mass is 9.95. The Labute approximate surface area is 446 Å². The normalized spacial score (nSPS) is 25.9. The molecule has 0 aromatic heterocycles. The first-order chi connectivity index (χ1) is 35.8. The summed E-state index contributed by atoms with van der Waals surface area (Å²) >= 11 is 0. The van der Waals surface area contributed by atoms with E-state index in [0.29, 0.717) is 12.8 Å². The zero-order valence-electron chi connectivity index (χ0n) is 46.4. The molecule has 2 rings (SSSR count). The van der Waals surface area contributed by atoms with E-state index in [9.17, 15) is 55.5 Å². The highest BCUT2D eigenvalue weighted by Gasteiger charge is 2.51. The van der Waals surface area contributed by atoms with Gasteiger partial charge in [-0.1, -0.05) is 226 Å². The van der Waals surface area contributed by atoms with Gasteiger partial charge in [-0.2, -0.15) is 0 Å². The van der Waals surface area contributed by atoms with Crippen molar-refractivity contribution in [1.29, 1.82) is 0 Å². The molecule has 17 heteroatoms. The van der Waals surface area contributed by atoms with Crippen LogP contribution >= 0.6 is 0 Å². The Balaban J connectivity index is 1.89. The van der Waals surface area contributed by atoms with Crippen molar-refractivity contribution in [3.63, 3.8) is 0 Å². The molecule has 0 saturated carbocycles. The van der Waals surface area contributed by atoms with Gasteiger partial charge in [-0.15, -0.1) is 0 Å². The van der Waals surface area contributed by atoms with Gasteiger partial charge in [0, 0.05) is 6.92 Å². The Morgan fingerprint density at radius 2 is 0.892 bits per heavy atom. The van der Waals surface area contributed by atoms with Gasteiger partial charge in [0.05, 0.1) is 32.0 Å². The van der Waals surface area contributed by atoms with Crippen molar-refractivity contribution >= 4 is 11.8 Å². The molecule has 74 heavy (non-hydrogen) atoms. The van der Waals surface area contributed by atoms with Gasteiger partial charge in [-0.25, -0.2) is 0 Å². The summed E-state index contributed by atoms with van der Waals surface area (Å²) < 4.78 is 23.2. The lowest BCUT2D eigenvalue weighted by Crippen LogP contribution is -2.67. The molecule has 0 unspecified atom stereocenters. The topological polar surface area (TPSA) is 277 Å². The first-order valence-corrected chi connectivity index (χ1v) is 29.9. The van der Waals surface area contributed by atoms with E-state index in [4.69, 9.17) is 18.9 Å². The van der Waals surface area contributed by atoms with Crippen LogP contribution < -0.4 is 10.6 Å². The van der Waals surface area contributed by atoms with Crippen molar-refractivity contribution in [3.8, 4) is 0 Å². The average Bonchev–Trinajstić information content (AvgIpc) is 3.39. The first-order valence-electron chi connectivity index (χ1n) is 29.9. The molecule has 0 bridgehead atoms. The molecule has 2 amide bonds. The van der Waals surface area contributed by atoms with E-state index in [-0.39, 0.29) is 12.8 Å². The molecule has 0 radical (unpaired) electrons. The number of aliphatic hydroxyl groups excluding tert-OH is 9. The van der Waals surface area contributed by atoms with E-state index in [2.05, 4.69) is 24.5 Å². The molecule has 2 aliphatic heterocycles. The van der Waals surface area contributed by atoms with E-state index in [1.807, 2.05) is 0 Å². The highest BCUT2D eigenvalue weighted by Crippen LogP contribution is 2.30. The summed E-state index contributed by atoms with van der Waals surface area (Å²) in [6, 6.07) is -2.67. The van der Waals surface area contributed by atoms with E-state index >= 15 is 0 Å². The van der Waals surface area contributed by atoms with Crippen LogP contribution in [0, 0.1) is 0 Å². The Kier molecular flexibility index (Phi) is 40.1. The summed E-state index contributed by atoms with van der Waals surface area (Å²) in [5, 5.41) is 102. The van der Waals surface area contributed by atoms with Crippen molar-refractivity contribution in [2.75, 3.05) is 19.8 Å². The first kappa shape index (κ1) is 68.5. The number of carbonyl (C=O) groups excluding carboxylic acids is 2. The van der Waals surface area contributed by atoms with Gasteiger partial charge in [0.25, 0.3) is 0 Å². The molecule has 438 valence electrons. The van der Waals surface area contributed by atoms with Gasteiger partial charge in [0.15, 0.2) is 12.6 Å². The van der Waals surface area contributed by atoms with Crippen molar-refractivity contribution < 1.29 is 74.5 Å². The van der Waals surface area contributed by atoms with E-state index in [1.165, 1.54) is 154 Å². The molecule has 17 nitrogen and oxygen atoms in total. The van der Waals surface area contributed by atoms with Crippen molar-refractivity contribution in [2.45, 2.75) is 331 Å². The summed E-state index contributed by atoms with van der Waals surface area (Å²) in [7, 11) is 0. The lowest BCUT2D eigenvalue weighted by molar-refractivity contribution is -0.347. The predicted molar refractivity (Wildman–Crippen MR) is 287 cm³/mol. The quantitative estimate of drug-likeness (QED) is 0.0273. The fraction of sp³-hybridized carbons (Fsp3) is 0.965. The molecular formula is C57H110N2O15. The molecule has 2 saturated heterocycles. The van der Waals surface area contributed by atoms with Crippen LogP contribution in [0.15, 0.2) is 0 Å². The van der Waals surface area contributed by atoms with E-state index in [0.717, 1.165) is 51.9 Å². The van der Waals surface area contributed by atoms with Gasteiger partial charge in [-0.05, 0) is 12.8 Å². The van der Waals surface area contributed by atoms with Crippen LogP contribution in [0.3, 0.4) is 0 Å². The van der Waals surface area contributed by atoms with Crippen LogP contribution in [0.4, 0.5) is 0 Å². The van der Waals surface area contributed by atoms with Crippen molar-refractivity contribution in [3.05, 3.63) is 0 Å². The zero-order chi connectivity index (χ0) is 54.4. The van der Waals surface area contributed by atoms with E-state index < -0.39 is 117 Å². The smallest absolute Gasteiger partial charge is 0.249 e. The monoisotopic (exact) mass is 1060 g/mol. The SMILES string of the molecule is CCCCCCCCCCCCCCCCCCCCCC[C@@H](O)C(=O)N[C@@H](CO[C@H]1O[C@H](CO)[C@H](O[C@H]2O[C@H](CO)[C@@H](O)[C@H](O)[C@H]2NC(C)=O)[C@H](O)[C@H]1O)[C@H](O)[C@H](O)CCCCCCCCCCCCCCC. The average molecular weight is 1060 g/mol. The number of ether oxygens (including phenoxy) is 4. The number of hydrogen-bond donors (Lipinski definition) is 11. The third kappa shape index (κ3) is 28.9. The van der Waals surface area contributed by atoms with Crippen LogP contribution in [0.25, 0.3) is 0 Å². The minimum Gasteiger partial charge on any atom is -0.394 e. The van der Waals surface area contributed by atoms with Gasteiger partial charge >= 0.3 is 0 Å². The maximum atomic E-state index is 13.4. The van der Waals surface area contributed by atoms with Gasteiger partial charge in [0.1, 0.15) is 61.0 Å². The molecule has 14 atom stereocenters. The van der Waals surface area contributed by atoms with Crippen LogP contribution in [0.5, 0.6) is 0 Å². The van der Waals surface area contributed by atoms with Crippen LogP contribution in [0.2, 0.25) is 0 Å². The standard InChI is InChI=1S/C57H110N2O15/c1-4-6-8-10-12-14-16-18-19-20-21-22-23-24-26-28-30-32-34-36-38-45(64)55(70)59-43(49(65)44(63)37-35-33-31-29-27-25-17-15-13-11-9-7-5-2)41-71-57-53(69)52(68)54(47(40-61)73-57)74-56-48(58-42(3)62)51(67)50(66)46(39-60)72-56/h43-54,56-57,60-61,63-69H,4-41H2,1-3H3,(H,58,62)(H,59,70)/t43-,44+,45+,46+,47+,48+,49-,50+,51+,52+,53+,54-,56+,57-/m0/s1. The molecule has 2 fully saturated rings. The summed E-state index contributed by atoms with van der Waals surface area (Å²) in [5.74, 6) is -1.37.